The van der Waals surface area contributed by atoms with Gasteiger partial charge < -0.3 is 0 Å². The van der Waals surface area contributed by atoms with Gasteiger partial charge in [-0.3, -0.25) is 0 Å². The molecule has 0 radical (unpaired) electrons. The molecule has 0 aromatic heterocycles. The first kappa shape index (κ1) is 42.0. The van der Waals surface area contributed by atoms with Crippen LogP contribution in [0.2, 0.25) is 10.0 Å². The Kier molecular flexibility index (Phi) is 11.9. The third-order valence-electron chi connectivity index (χ3n) is 11.5. The van der Waals surface area contributed by atoms with Crippen LogP contribution < -0.4 is 9.81 Å². The van der Waals surface area contributed by atoms with Crippen molar-refractivity contribution in [3.05, 3.63) is 132 Å². The van der Waals surface area contributed by atoms with Crippen molar-refractivity contribution in [2.75, 3.05) is 0 Å². The summed E-state index contributed by atoms with van der Waals surface area (Å²) in [5.74, 6) is 0.286. The molecule has 0 spiro atoms. The summed E-state index contributed by atoms with van der Waals surface area (Å²) in [5, 5.41) is 1.50. The molecular weight excluding hydrogens is 786 g/mol. The molecule has 6 rings (SSSR count). The Morgan fingerprint density at radius 1 is 0.686 bits per heavy atom. The molecule has 0 bridgehead atoms. The van der Waals surface area contributed by atoms with Crippen LogP contribution in [-0.2, 0) is 35.5 Å². The zero-order chi connectivity index (χ0) is 35.8. The fourth-order valence-electron chi connectivity index (χ4n) is 8.78. The van der Waals surface area contributed by atoms with Crippen molar-refractivity contribution >= 4 is 62.0 Å². The van der Waals surface area contributed by atoms with Crippen LogP contribution in [0.4, 0.5) is 0 Å². The minimum absolute atomic E-state index is 0. The first-order chi connectivity index (χ1) is 22.8. The summed E-state index contributed by atoms with van der Waals surface area (Å²) in [6.07, 6.45) is 8.28. The predicted octanol–water partition coefficient (Wildman–Crippen LogP) is 12.7. The predicted molar refractivity (Wildman–Crippen MR) is 230 cm³/mol. The summed E-state index contributed by atoms with van der Waals surface area (Å²) in [6.45, 7) is 23.5. The number of hydrogen-bond donors (Lipinski definition) is 0. The number of fused-ring (bicyclic) bond motifs is 3. The molecule has 0 nitrogen and oxygen atoms in total. The molecule has 0 heterocycles. The summed E-state index contributed by atoms with van der Waals surface area (Å²) in [7, 11) is 0. The topological polar surface area (TPSA) is 0 Å². The molecule has 51 heavy (non-hydrogen) atoms. The number of rotatable bonds is 6. The van der Waals surface area contributed by atoms with Crippen LogP contribution in [0.3, 0.4) is 0 Å². The maximum atomic E-state index is 6.71. The Morgan fingerprint density at radius 3 is 1.69 bits per heavy atom. The van der Waals surface area contributed by atoms with Gasteiger partial charge in [-0.1, -0.05) is 0 Å². The first-order valence-corrected chi connectivity index (χ1v) is 25.5. The normalized spacial score (nSPS) is 16.1. The molecule has 1 unspecified atom stereocenters. The van der Waals surface area contributed by atoms with Gasteiger partial charge in [-0.25, -0.2) is 0 Å². The Bertz CT molecular complexity index is 2010. The summed E-state index contributed by atoms with van der Waals surface area (Å²) >= 11 is 8.22. The quantitative estimate of drug-likeness (QED) is 0.160. The first-order valence-electron chi connectivity index (χ1n) is 18.1. The van der Waals surface area contributed by atoms with Crippen molar-refractivity contribution in [2.45, 2.75) is 99.3 Å². The van der Waals surface area contributed by atoms with Crippen LogP contribution in [0.1, 0.15) is 104 Å². The van der Waals surface area contributed by atoms with Crippen LogP contribution in [0, 0.1) is 11.3 Å². The van der Waals surface area contributed by atoms with Crippen LogP contribution >= 0.6 is 48.0 Å². The molecule has 0 fully saturated rings. The van der Waals surface area contributed by atoms with E-state index in [0.29, 0.717) is 0 Å². The second kappa shape index (κ2) is 14.5. The third kappa shape index (κ3) is 7.03. The van der Waals surface area contributed by atoms with E-state index in [1.165, 1.54) is 52.0 Å². The van der Waals surface area contributed by atoms with Crippen molar-refractivity contribution in [1.29, 1.82) is 0 Å². The van der Waals surface area contributed by atoms with Gasteiger partial charge in [-0.2, -0.15) is 0 Å². The average molecular weight is 842 g/mol. The molecule has 5 heteroatoms. The Hall–Kier alpha value is -1.73. The van der Waals surface area contributed by atoms with Crippen LogP contribution in [0.25, 0.3) is 11.1 Å². The van der Waals surface area contributed by atoms with Gasteiger partial charge in [0.1, 0.15) is 0 Å². The van der Waals surface area contributed by atoms with Gasteiger partial charge in [0, 0.05) is 0 Å². The zero-order valence-electron chi connectivity index (χ0n) is 32.1. The van der Waals surface area contributed by atoms with E-state index in [1.54, 1.807) is 0 Å². The van der Waals surface area contributed by atoms with E-state index in [2.05, 4.69) is 160 Å². The molecule has 272 valence electrons. The standard InChI is InChI=1S/C21H25.C12H19.2C6H4Cl.CH2.2ClH.Zr/c1-20(2,3)16-7-9-18-14(12-16)11-15-13-17(21(4,5)6)8-10-19(15)18;1-5-6-10-7-8-11(9-10)12(2,3)4;2*7-6-4-2-1-3-5-6;;;;/h7-10,12H,11H2,1-6H3;8-10H,5-6H2,1-4H3;2*2-5H;1H2;2*1H;. The van der Waals surface area contributed by atoms with Gasteiger partial charge in [-0.15, -0.1) is 24.8 Å². The molecule has 1 atom stereocenters. The van der Waals surface area contributed by atoms with E-state index in [0.717, 1.165) is 29.3 Å². The molecule has 0 aliphatic heterocycles. The summed E-state index contributed by atoms with van der Waals surface area (Å²) < 4.78 is 11.6. The van der Waals surface area contributed by atoms with E-state index in [9.17, 15) is 0 Å². The van der Waals surface area contributed by atoms with E-state index < -0.39 is 18.3 Å². The molecule has 2 aliphatic rings. The second-order valence-electron chi connectivity index (χ2n) is 17.9. The van der Waals surface area contributed by atoms with Gasteiger partial charge in [-0.05, 0) is 0 Å². The van der Waals surface area contributed by atoms with E-state index in [-0.39, 0.29) is 47.0 Å². The zero-order valence-corrected chi connectivity index (χ0v) is 37.7. The van der Waals surface area contributed by atoms with Crippen molar-refractivity contribution in [2.24, 2.45) is 11.3 Å². The SMILES string of the molecule is Cl.Cl.[CH2]=[Zr]([C]1=CC(C(C)(C)C)=CC1CCC)([c]1ccc(Cl)cc1)([c]1ccc(Cl)cc1)[c]1c(C(C)(C)C)ccc2c1Cc1cc(C(C)(C)C)ccc1-2. The Labute approximate surface area is 331 Å². The number of halogens is 4. The van der Waals surface area contributed by atoms with Crippen LogP contribution in [0.5, 0.6) is 0 Å². The monoisotopic (exact) mass is 838 g/mol. The number of benzene rings is 4. The van der Waals surface area contributed by atoms with E-state index in [1.807, 2.05) is 0 Å². The third-order valence-corrected chi connectivity index (χ3v) is 28.4. The van der Waals surface area contributed by atoms with Crippen molar-refractivity contribution in [1.82, 2.24) is 0 Å². The van der Waals surface area contributed by atoms with Gasteiger partial charge in [0.15, 0.2) is 0 Å². The fourth-order valence-corrected chi connectivity index (χ4v) is 26.6. The minimum atomic E-state index is -5.21. The van der Waals surface area contributed by atoms with Gasteiger partial charge in [0.2, 0.25) is 0 Å². The van der Waals surface area contributed by atoms with Gasteiger partial charge in [0.25, 0.3) is 0 Å². The van der Waals surface area contributed by atoms with Crippen LogP contribution in [-0.4, -0.2) is 4.21 Å². The molecule has 4 aromatic carbocycles. The van der Waals surface area contributed by atoms with Crippen LogP contribution in [0.15, 0.2) is 99.9 Å². The van der Waals surface area contributed by atoms with Crippen molar-refractivity contribution < 1.29 is 18.3 Å². The number of allylic oxidation sites excluding steroid dienone is 4. The second-order valence-corrected chi connectivity index (χ2v) is 31.4. The van der Waals surface area contributed by atoms with Gasteiger partial charge >= 0.3 is 309 Å². The summed E-state index contributed by atoms with van der Waals surface area (Å²) in [4.78, 5) is 0. The van der Waals surface area contributed by atoms with Crippen molar-refractivity contribution in [3.63, 3.8) is 0 Å². The molecule has 0 saturated heterocycles. The Balaban J connectivity index is 0.00000292. The van der Waals surface area contributed by atoms with E-state index >= 15 is 0 Å². The molecular formula is C46H56Cl4Zr. The Morgan fingerprint density at radius 2 is 1.22 bits per heavy atom. The van der Waals surface area contributed by atoms with Gasteiger partial charge in [0.05, 0.1) is 0 Å². The molecule has 0 saturated carbocycles. The average Bonchev–Trinajstić information content (AvgIpc) is 3.62. The molecule has 4 aromatic rings. The van der Waals surface area contributed by atoms with Crippen molar-refractivity contribution in [3.8, 4) is 11.1 Å². The summed E-state index contributed by atoms with van der Waals surface area (Å²) in [6, 6.07) is 29.7. The molecule has 0 amide bonds. The molecule has 2 aliphatic carbocycles. The maximum absolute atomic E-state index is 6.71. The fraction of sp³-hybridized carbons (Fsp3) is 0.370. The summed E-state index contributed by atoms with van der Waals surface area (Å²) in [5.41, 5.74) is 9.75. The van der Waals surface area contributed by atoms with E-state index in [4.69, 9.17) is 27.4 Å². The molecule has 0 N–H and O–H groups in total. The number of hydrogen-bond acceptors (Lipinski definition) is 0.